The minimum absolute atomic E-state index is 0.0443. The molecule has 1 aromatic carbocycles. The van der Waals surface area contributed by atoms with Crippen molar-refractivity contribution in [2.24, 2.45) is 5.10 Å². The molecule has 0 aliphatic carbocycles. The molecule has 3 aromatic rings. The number of thiophene rings is 2. The number of hydrogen-bond donors (Lipinski definition) is 0. The van der Waals surface area contributed by atoms with E-state index in [9.17, 15) is 9.59 Å². The number of nitrogens with zero attached hydrogens (tertiary/aromatic N) is 4. The maximum Gasteiger partial charge on any atom is 0.262 e. The van der Waals surface area contributed by atoms with Gasteiger partial charge in [0.1, 0.15) is 12.3 Å². The first-order chi connectivity index (χ1) is 18.5. The fourth-order valence-electron chi connectivity index (χ4n) is 4.75. The van der Waals surface area contributed by atoms with E-state index in [-0.39, 0.29) is 24.4 Å². The van der Waals surface area contributed by atoms with Gasteiger partial charge in [0.25, 0.3) is 11.8 Å². The van der Waals surface area contributed by atoms with Crippen molar-refractivity contribution < 1.29 is 19.1 Å². The number of aryl methyl sites for hydroxylation is 1. The number of hydrogen-bond acceptors (Lipinski definition) is 8. The van der Waals surface area contributed by atoms with Gasteiger partial charge in [0.15, 0.2) is 0 Å². The van der Waals surface area contributed by atoms with E-state index in [1.807, 2.05) is 17.5 Å². The van der Waals surface area contributed by atoms with Crippen LogP contribution in [0.15, 0.2) is 58.3 Å². The summed E-state index contributed by atoms with van der Waals surface area (Å²) in [4.78, 5) is 33.6. The maximum atomic E-state index is 13.9. The van der Waals surface area contributed by atoms with Crippen LogP contribution in [-0.4, -0.2) is 85.4 Å². The average Bonchev–Trinajstić information content (AvgIpc) is 3.72. The van der Waals surface area contributed by atoms with Gasteiger partial charge < -0.3 is 14.4 Å². The molecule has 2 amide bonds. The van der Waals surface area contributed by atoms with Crippen molar-refractivity contribution in [3.05, 3.63) is 74.1 Å². The largest absolute Gasteiger partial charge is 0.497 e. The molecular weight excluding hydrogens is 520 g/mol. The van der Waals surface area contributed by atoms with Gasteiger partial charge in [0.05, 0.1) is 37.0 Å². The van der Waals surface area contributed by atoms with E-state index < -0.39 is 0 Å². The molecule has 0 spiro atoms. The van der Waals surface area contributed by atoms with E-state index in [2.05, 4.69) is 23.3 Å². The summed E-state index contributed by atoms with van der Waals surface area (Å²) >= 11 is 3.27. The lowest BCUT2D eigenvalue weighted by Crippen LogP contribution is -2.46. The zero-order valence-electron chi connectivity index (χ0n) is 21.7. The van der Waals surface area contributed by atoms with E-state index in [0.29, 0.717) is 44.0 Å². The Labute approximate surface area is 231 Å². The SMILES string of the molecule is COc1ccc(C(=O)N(CCN2CCOCC2)CC(=O)N2N=C(c3cccs3)CC2c2sccc2C)cc1. The van der Waals surface area contributed by atoms with Gasteiger partial charge in [0, 0.05) is 43.0 Å². The molecule has 0 radical (unpaired) electrons. The predicted octanol–water partition coefficient (Wildman–Crippen LogP) is 4.28. The van der Waals surface area contributed by atoms with E-state index in [4.69, 9.17) is 14.6 Å². The van der Waals surface area contributed by atoms with Crippen molar-refractivity contribution in [1.29, 1.82) is 0 Å². The average molecular weight is 553 g/mol. The van der Waals surface area contributed by atoms with Crippen molar-refractivity contribution in [2.45, 2.75) is 19.4 Å². The second-order valence-electron chi connectivity index (χ2n) is 9.36. The zero-order valence-corrected chi connectivity index (χ0v) is 23.3. The van der Waals surface area contributed by atoms with Crippen molar-refractivity contribution >= 4 is 40.2 Å². The van der Waals surface area contributed by atoms with Crippen LogP contribution >= 0.6 is 22.7 Å². The number of carbonyl (C=O) groups is 2. The summed E-state index contributed by atoms with van der Waals surface area (Å²) in [6, 6.07) is 13.0. The van der Waals surface area contributed by atoms with Crippen LogP contribution in [0.3, 0.4) is 0 Å². The Bertz CT molecular complexity index is 1270. The Kier molecular flexibility index (Phi) is 8.53. The van der Waals surface area contributed by atoms with Gasteiger partial charge in [0.2, 0.25) is 0 Å². The van der Waals surface area contributed by atoms with Gasteiger partial charge in [-0.15, -0.1) is 22.7 Å². The Balaban J connectivity index is 1.38. The van der Waals surface area contributed by atoms with Crippen molar-refractivity contribution in [1.82, 2.24) is 14.8 Å². The van der Waals surface area contributed by atoms with Crippen LogP contribution in [0, 0.1) is 6.92 Å². The first-order valence-electron chi connectivity index (χ1n) is 12.7. The number of amides is 2. The van der Waals surface area contributed by atoms with Gasteiger partial charge in [-0.3, -0.25) is 14.5 Å². The highest BCUT2D eigenvalue weighted by Crippen LogP contribution is 2.38. The first kappa shape index (κ1) is 26.6. The normalized spacial score (nSPS) is 17.9. The molecule has 200 valence electrons. The molecule has 8 nitrogen and oxygen atoms in total. The lowest BCUT2D eigenvalue weighted by atomic mass is 10.1. The van der Waals surface area contributed by atoms with Crippen LogP contribution in [0.5, 0.6) is 5.75 Å². The van der Waals surface area contributed by atoms with Crippen LogP contribution in [0.2, 0.25) is 0 Å². The smallest absolute Gasteiger partial charge is 0.262 e. The Morgan fingerprint density at radius 2 is 1.89 bits per heavy atom. The summed E-state index contributed by atoms with van der Waals surface area (Å²) < 4.78 is 10.7. The summed E-state index contributed by atoms with van der Waals surface area (Å²) in [6.45, 7) is 6.14. The second kappa shape index (κ2) is 12.2. The minimum Gasteiger partial charge on any atom is -0.497 e. The molecule has 5 rings (SSSR count). The van der Waals surface area contributed by atoms with Crippen LogP contribution in [-0.2, 0) is 9.53 Å². The van der Waals surface area contributed by atoms with Crippen molar-refractivity contribution in [2.75, 3.05) is 53.0 Å². The van der Waals surface area contributed by atoms with Crippen LogP contribution < -0.4 is 4.74 Å². The lowest BCUT2D eigenvalue weighted by Gasteiger charge is -2.31. The number of methoxy groups -OCH3 is 1. The predicted molar refractivity (Wildman–Crippen MR) is 150 cm³/mol. The van der Waals surface area contributed by atoms with Gasteiger partial charge >= 0.3 is 0 Å². The number of hydrazone groups is 1. The molecule has 2 aromatic heterocycles. The highest BCUT2D eigenvalue weighted by Gasteiger charge is 2.36. The van der Waals surface area contributed by atoms with Crippen LogP contribution in [0.4, 0.5) is 0 Å². The highest BCUT2D eigenvalue weighted by atomic mass is 32.1. The summed E-state index contributed by atoms with van der Waals surface area (Å²) in [5.74, 6) is 0.317. The van der Waals surface area contributed by atoms with Gasteiger partial charge in [-0.05, 0) is 59.6 Å². The molecule has 1 saturated heterocycles. The summed E-state index contributed by atoms with van der Waals surface area (Å²) in [7, 11) is 1.59. The second-order valence-corrected chi connectivity index (χ2v) is 11.3. The summed E-state index contributed by atoms with van der Waals surface area (Å²) in [5.41, 5.74) is 2.59. The molecular formula is C28H32N4O4S2. The fourth-order valence-corrected chi connectivity index (χ4v) is 6.49. The van der Waals surface area contributed by atoms with E-state index >= 15 is 0 Å². The Morgan fingerprint density at radius 1 is 1.11 bits per heavy atom. The summed E-state index contributed by atoms with van der Waals surface area (Å²) in [6.07, 6.45) is 0.661. The quantitative estimate of drug-likeness (QED) is 0.396. The number of benzene rings is 1. The molecule has 2 aliphatic rings. The monoisotopic (exact) mass is 552 g/mol. The third-order valence-corrected chi connectivity index (χ3v) is 8.96. The molecule has 38 heavy (non-hydrogen) atoms. The third-order valence-electron chi connectivity index (χ3n) is 6.92. The summed E-state index contributed by atoms with van der Waals surface area (Å²) in [5, 5.41) is 10.5. The van der Waals surface area contributed by atoms with Gasteiger partial charge in [-0.1, -0.05) is 6.07 Å². The fraction of sp³-hybridized carbons (Fsp3) is 0.393. The van der Waals surface area contributed by atoms with E-state index in [1.54, 1.807) is 64.0 Å². The molecule has 0 bridgehead atoms. The van der Waals surface area contributed by atoms with Crippen LogP contribution in [0.1, 0.15) is 38.1 Å². The molecule has 10 heteroatoms. The Hall–Kier alpha value is -3.05. The van der Waals surface area contributed by atoms with E-state index in [0.717, 1.165) is 34.1 Å². The lowest BCUT2D eigenvalue weighted by molar-refractivity contribution is -0.133. The molecule has 0 N–H and O–H groups in total. The minimum atomic E-state index is -0.182. The Morgan fingerprint density at radius 3 is 2.55 bits per heavy atom. The maximum absolute atomic E-state index is 13.9. The topological polar surface area (TPSA) is 74.7 Å². The molecule has 1 atom stereocenters. The highest BCUT2D eigenvalue weighted by molar-refractivity contribution is 7.12. The number of ether oxygens (including phenoxy) is 2. The zero-order chi connectivity index (χ0) is 26.5. The van der Waals surface area contributed by atoms with Gasteiger partial charge in [-0.2, -0.15) is 5.10 Å². The number of rotatable bonds is 9. The van der Waals surface area contributed by atoms with Gasteiger partial charge in [-0.25, -0.2) is 5.01 Å². The van der Waals surface area contributed by atoms with Crippen LogP contribution in [0.25, 0.3) is 0 Å². The van der Waals surface area contributed by atoms with Crippen molar-refractivity contribution in [3.8, 4) is 5.75 Å². The standard InChI is InChI=1S/C28H32N4O4S2/c1-20-9-17-38-27(20)24-18-23(25-4-3-16-37-25)29-32(24)26(33)19-31(11-10-30-12-14-36-15-13-30)28(34)21-5-7-22(35-2)8-6-21/h3-9,16-17,24H,10-15,18-19H2,1-2H3. The first-order valence-corrected chi connectivity index (χ1v) is 14.5. The molecule has 2 aliphatic heterocycles. The number of morpholine rings is 1. The molecule has 1 fully saturated rings. The molecule has 0 saturated carbocycles. The third kappa shape index (κ3) is 5.99. The molecule has 1 unspecified atom stereocenters. The van der Waals surface area contributed by atoms with E-state index in [1.165, 1.54) is 0 Å². The van der Waals surface area contributed by atoms with Crippen molar-refractivity contribution in [3.63, 3.8) is 0 Å². The number of carbonyl (C=O) groups excluding carboxylic acids is 2. The molecule has 4 heterocycles.